The number of amides is 1. The van der Waals surface area contributed by atoms with Crippen LogP contribution in [0.15, 0.2) is 0 Å². The Bertz CT molecular complexity index is 302. The third-order valence-electron chi connectivity index (χ3n) is 1.61. The van der Waals surface area contributed by atoms with Crippen LogP contribution in [0.4, 0.5) is 4.39 Å². The van der Waals surface area contributed by atoms with E-state index in [1.54, 1.807) is 0 Å². The second-order valence-electron chi connectivity index (χ2n) is 2.90. The molecule has 0 aromatic heterocycles. The van der Waals surface area contributed by atoms with Gasteiger partial charge in [0.15, 0.2) is 6.17 Å². The van der Waals surface area contributed by atoms with Crippen molar-refractivity contribution in [2.24, 2.45) is 0 Å². The summed E-state index contributed by atoms with van der Waals surface area (Å²) in [5, 5.41) is 2.27. The number of carbonyl (C=O) groups excluding carboxylic acids is 1. The van der Waals surface area contributed by atoms with Gasteiger partial charge >= 0.3 is 0 Å². The van der Waals surface area contributed by atoms with Crippen LogP contribution in [0.1, 0.15) is 6.42 Å². The standard InChI is InChI=1S/C6H10FNO4S/c1-13(10,11)12-3-4-2-5(7)6(9)8-4/h4-5H,2-3H2,1H3,(H,8,9)/t4-,5-/m0/s1. The van der Waals surface area contributed by atoms with Gasteiger partial charge in [-0.25, -0.2) is 4.39 Å². The van der Waals surface area contributed by atoms with Crippen molar-refractivity contribution < 1.29 is 21.8 Å². The first-order chi connectivity index (χ1) is 5.88. The van der Waals surface area contributed by atoms with Gasteiger partial charge in [-0.3, -0.25) is 8.98 Å². The number of carbonyl (C=O) groups is 1. The number of nitrogens with one attached hydrogen (secondary N) is 1. The average Bonchev–Trinajstić information content (AvgIpc) is 2.27. The van der Waals surface area contributed by atoms with Gasteiger partial charge in [-0.1, -0.05) is 0 Å². The topological polar surface area (TPSA) is 72.5 Å². The predicted octanol–water partition coefficient (Wildman–Crippen LogP) is -0.811. The molecular formula is C6H10FNO4S. The zero-order valence-electron chi connectivity index (χ0n) is 6.99. The number of halogens is 1. The Morgan fingerprint density at radius 1 is 1.69 bits per heavy atom. The van der Waals surface area contributed by atoms with Crippen LogP contribution < -0.4 is 5.32 Å². The predicted molar refractivity (Wildman–Crippen MR) is 42.2 cm³/mol. The zero-order valence-corrected chi connectivity index (χ0v) is 7.80. The maximum atomic E-state index is 12.6. The molecule has 1 saturated heterocycles. The van der Waals surface area contributed by atoms with Gasteiger partial charge in [-0.15, -0.1) is 0 Å². The molecule has 1 amide bonds. The van der Waals surface area contributed by atoms with Crippen LogP contribution in [-0.2, 0) is 19.1 Å². The molecule has 1 aliphatic heterocycles. The molecule has 13 heavy (non-hydrogen) atoms. The molecule has 7 heteroatoms. The van der Waals surface area contributed by atoms with E-state index in [4.69, 9.17) is 0 Å². The lowest BCUT2D eigenvalue weighted by Crippen LogP contribution is -2.31. The van der Waals surface area contributed by atoms with Crippen molar-refractivity contribution in [1.82, 2.24) is 5.32 Å². The quantitative estimate of drug-likeness (QED) is 0.620. The third kappa shape index (κ3) is 3.27. The van der Waals surface area contributed by atoms with Crippen LogP contribution in [0.3, 0.4) is 0 Å². The highest BCUT2D eigenvalue weighted by molar-refractivity contribution is 7.85. The molecule has 1 fully saturated rings. The fourth-order valence-electron chi connectivity index (χ4n) is 1.02. The number of hydrogen-bond donors (Lipinski definition) is 1. The summed E-state index contributed by atoms with van der Waals surface area (Å²) in [6, 6.07) is -0.544. The minimum atomic E-state index is -3.52. The minimum absolute atomic E-state index is 0.0334. The highest BCUT2D eigenvalue weighted by atomic mass is 32.2. The van der Waals surface area contributed by atoms with E-state index in [-0.39, 0.29) is 13.0 Å². The van der Waals surface area contributed by atoms with Crippen LogP contribution in [-0.4, -0.2) is 39.4 Å². The Morgan fingerprint density at radius 2 is 2.31 bits per heavy atom. The van der Waals surface area contributed by atoms with Crippen molar-refractivity contribution >= 4 is 16.0 Å². The first kappa shape index (κ1) is 10.4. The molecule has 1 heterocycles. The fraction of sp³-hybridized carbons (Fsp3) is 0.833. The molecule has 1 aliphatic rings. The minimum Gasteiger partial charge on any atom is -0.348 e. The Hall–Kier alpha value is -0.690. The maximum Gasteiger partial charge on any atom is 0.264 e. The molecule has 0 unspecified atom stereocenters. The number of alkyl halides is 1. The van der Waals surface area contributed by atoms with E-state index >= 15 is 0 Å². The van der Waals surface area contributed by atoms with E-state index in [9.17, 15) is 17.6 Å². The number of hydrogen-bond acceptors (Lipinski definition) is 4. The molecule has 0 spiro atoms. The van der Waals surface area contributed by atoms with Gasteiger partial charge in [0.05, 0.1) is 18.9 Å². The van der Waals surface area contributed by atoms with Crippen molar-refractivity contribution in [3.8, 4) is 0 Å². The number of rotatable bonds is 3. The Kier molecular flexibility index (Phi) is 2.87. The molecule has 0 aromatic rings. The van der Waals surface area contributed by atoms with Gasteiger partial charge in [-0.05, 0) is 0 Å². The summed E-state index contributed by atoms with van der Waals surface area (Å²) in [7, 11) is -3.52. The molecule has 0 saturated carbocycles. The summed E-state index contributed by atoms with van der Waals surface area (Å²) >= 11 is 0. The van der Waals surface area contributed by atoms with E-state index in [2.05, 4.69) is 9.50 Å². The lowest BCUT2D eigenvalue weighted by molar-refractivity contribution is -0.123. The molecular weight excluding hydrogens is 201 g/mol. The fourth-order valence-corrected chi connectivity index (χ4v) is 1.43. The molecule has 76 valence electrons. The highest BCUT2D eigenvalue weighted by Gasteiger charge is 2.32. The second kappa shape index (κ2) is 3.59. The van der Waals surface area contributed by atoms with Crippen LogP contribution in [0.5, 0.6) is 0 Å². The molecule has 0 radical (unpaired) electrons. The Morgan fingerprint density at radius 3 is 2.69 bits per heavy atom. The van der Waals surface area contributed by atoms with Gasteiger partial charge in [0.1, 0.15) is 0 Å². The zero-order chi connectivity index (χ0) is 10.1. The normalized spacial score (nSPS) is 28.9. The van der Waals surface area contributed by atoms with Crippen LogP contribution in [0.2, 0.25) is 0 Å². The summed E-state index contributed by atoms with van der Waals surface area (Å²) in [6.45, 7) is -0.203. The first-order valence-electron chi connectivity index (χ1n) is 3.67. The molecule has 0 aromatic carbocycles. The average molecular weight is 211 g/mol. The molecule has 1 N–H and O–H groups in total. The van der Waals surface area contributed by atoms with Gasteiger partial charge in [-0.2, -0.15) is 8.42 Å². The molecule has 1 rings (SSSR count). The van der Waals surface area contributed by atoms with Crippen LogP contribution in [0.25, 0.3) is 0 Å². The molecule has 2 atom stereocenters. The van der Waals surface area contributed by atoms with E-state index in [0.29, 0.717) is 0 Å². The van der Waals surface area contributed by atoms with Gasteiger partial charge < -0.3 is 5.32 Å². The second-order valence-corrected chi connectivity index (χ2v) is 4.54. The largest absolute Gasteiger partial charge is 0.348 e. The summed E-state index contributed by atoms with van der Waals surface area (Å²) in [4.78, 5) is 10.6. The molecule has 0 aliphatic carbocycles. The SMILES string of the molecule is CS(=O)(=O)OC[C@@H]1C[C@H](F)C(=O)N1. The molecule has 0 bridgehead atoms. The van der Waals surface area contributed by atoms with E-state index < -0.39 is 28.2 Å². The van der Waals surface area contributed by atoms with Gasteiger partial charge in [0, 0.05) is 6.42 Å². The highest BCUT2D eigenvalue weighted by Crippen LogP contribution is 2.11. The van der Waals surface area contributed by atoms with Crippen LogP contribution in [0, 0.1) is 0 Å². The lowest BCUT2D eigenvalue weighted by Gasteiger charge is -2.07. The Balaban J connectivity index is 2.37. The van der Waals surface area contributed by atoms with Crippen LogP contribution >= 0.6 is 0 Å². The van der Waals surface area contributed by atoms with E-state index in [0.717, 1.165) is 6.26 Å². The monoisotopic (exact) mass is 211 g/mol. The van der Waals surface area contributed by atoms with Gasteiger partial charge in [0.2, 0.25) is 0 Å². The van der Waals surface area contributed by atoms with E-state index in [1.807, 2.05) is 0 Å². The lowest BCUT2D eigenvalue weighted by atomic mass is 10.2. The van der Waals surface area contributed by atoms with Crippen molar-refractivity contribution in [1.29, 1.82) is 0 Å². The maximum absolute atomic E-state index is 12.6. The summed E-state index contributed by atoms with van der Waals surface area (Å²) < 4.78 is 38.0. The Labute approximate surface area is 75.4 Å². The summed E-state index contributed by atoms with van der Waals surface area (Å²) in [5.41, 5.74) is 0. The van der Waals surface area contributed by atoms with Crippen molar-refractivity contribution in [2.45, 2.75) is 18.6 Å². The first-order valence-corrected chi connectivity index (χ1v) is 5.49. The smallest absolute Gasteiger partial charge is 0.264 e. The van der Waals surface area contributed by atoms with Crippen molar-refractivity contribution in [2.75, 3.05) is 12.9 Å². The van der Waals surface area contributed by atoms with E-state index in [1.165, 1.54) is 0 Å². The summed E-state index contributed by atoms with van der Waals surface area (Å²) in [5.74, 6) is -0.706. The van der Waals surface area contributed by atoms with Crippen molar-refractivity contribution in [3.63, 3.8) is 0 Å². The van der Waals surface area contributed by atoms with Crippen molar-refractivity contribution in [3.05, 3.63) is 0 Å². The van der Waals surface area contributed by atoms with Gasteiger partial charge in [0.25, 0.3) is 16.0 Å². The summed E-state index contributed by atoms with van der Waals surface area (Å²) in [6.07, 6.45) is -0.682. The molecule has 5 nitrogen and oxygen atoms in total. The third-order valence-corrected chi connectivity index (χ3v) is 2.17.